The zero-order chi connectivity index (χ0) is 21.9. The first kappa shape index (κ1) is 20.6. The van der Waals surface area contributed by atoms with Crippen molar-refractivity contribution in [3.8, 4) is 11.5 Å². The van der Waals surface area contributed by atoms with E-state index >= 15 is 0 Å². The number of hydrogen-bond acceptors (Lipinski definition) is 4. The molecule has 0 unspecified atom stereocenters. The molecular weight excluding hydrogens is 458 g/mol. The molecule has 2 aliphatic carbocycles. The molecule has 2 saturated carbocycles. The lowest BCUT2D eigenvalue weighted by molar-refractivity contribution is -0.145. The smallest absolute Gasteiger partial charge is 0.310 e. The zero-order valence-corrected chi connectivity index (χ0v) is 19.4. The lowest BCUT2D eigenvalue weighted by Gasteiger charge is -2.27. The molecule has 2 bridgehead atoms. The van der Waals surface area contributed by atoms with Crippen LogP contribution in [0, 0.1) is 30.6 Å². The van der Waals surface area contributed by atoms with Gasteiger partial charge < -0.3 is 14.8 Å². The number of amides is 1. The number of benzene rings is 2. The average molecular weight is 484 g/mol. The number of ether oxygens (including phenoxy) is 2. The second kappa shape index (κ2) is 7.66. The molecule has 1 aliphatic heterocycles. The maximum atomic E-state index is 13.0. The Bertz CT molecular complexity index is 1030. The first-order chi connectivity index (χ1) is 14.8. The minimum absolute atomic E-state index is 0.0659. The number of carbonyl (C=O) groups excluding carboxylic acids is 2. The standard InChI is InChI=1S/C25H26BrNO4/c1-12(2)16-9-4-13(3)10-19(16)30-15-7-5-14(6-8-15)27-24(28)20-17-11-18-21(20)25(29)31-23(18)22(17)26/h4-10,12,17-18,20-23H,11H2,1-3H3,(H,27,28)/t17-,18-,20-,21-,22-,23+/m1/s1. The molecule has 1 heterocycles. The van der Waals surface area contributed by atoms with Crippen LogP contribution >= 0.6 is 15.9 Å². The Morgan fingerprint density at radius 1 is 1.16 bits per heavy atom. The van der Waals surface area contributed by atoms with Crippen molar-refractivity contribution in [1.29, 1.82) is 0 Å². The molecule has 2 aromatic carbocycles. The molecule has 0 aromatic heterocycles. The Kier molecular flexibility index (Phi) is 5.08. The number of fused-ring (bicyclic) bond motifs is 1. The number of halogens is 1. The third-order valence-electron chi connectivity index (χ3n) is 6.97. The molecule has 3 fully saturated rings. The van der Waals surface area contributed by atoms with Gasteiger partial charge in [-0.25, -0.2) is 0 Å². The monoisotopic (exact) mass is 483 g/mol. The summed E-state index contributed by atoms with van der Waals surface area (Å²) in [7, 11) is 0. The highest BCUT2D eigenvalue weighted by Gasteiger charge is 2.67. The predicted octanol–water partition coefficient (Wildman–Crippen LogP) is 5.42. The summed E-state index contributed by atoms with van der Waals surface area (Å²) in [4.78, 5) is 25.4. The summed E-state index contributed by atoms with van der Waals surface area (Å²) in [5.41, 5.74) is 3.00. The van der Waals surface area contributed by atoms with Crippen molar-refractivity contribution in [2.45, 2.75) is 44.0 Å². The highest BCUT2D eigenvalue weighted by molar-refractivity contribution is 9.09. The number of esters is 1. The first-order valence-electron chi connectivity index (χ1n) is 10.9. The minimum atomic E-state index is -0.336. The van der Waals surface area contributed by atoms with Crippen molar-refractivity contribution in [2.75, 3.05) is 5.32 Å². The van der Waals surface area contributed by atoms with Gasteiger partial charge in [-0.2, -0.15) is 0 Å². The maximum absolute atomic E-state index is 13.0. The largest absolute Gasteiger partial charge is 0.461 e. The number of alkyl halides is 1. The Morgan fingerprint density at radius 3 is 2.61 bits per heavy atom. The van der Waals surface area contributed by atoms with E-state index in [2.05, 4.69) is 47.2 Å². The fraction of sp³-hybridized carbons (Fsp3) is 0.440. The summed E-state index contributed by atoms with van der Waals surface area (Å²) >= 11 is 3.66. The van der Waals surface area contributed by atoms with Gasteiger partial charge in [0.2, 0.25) is 5.91 Å². The highest BCUT2D eigenvalue weighted by atomic mass is 79.9. The topological polar surface area (TPSA) is 64.6 Å². The van der Waals surface area contributed by atoms with Crippen molar-refractivity contribution in [3.05, 3.63) is 53.6 Å². The van der Waals surface area contributed by atoms with E-state index < -0.39 is 0 Å². The van der Waals surface area contributed by atoms with E-state index in [1.54, 1.807) is 0 Å². The van der Waals surface area contributed by atoms with Crippen LogP contribution in [0.2, 0.25) is 0 Å². The molecular formula is C25H26BrNO4. The van der Waals surface area contributed by atoms with Gasteiger partial charge in [0.1, 0.15) is 17.6 Å². The van der Waals surface area contributed by atoms with Gasteiger partial charge in [-0.1, -0.05) is 41.9 Å². The third kappa shape index (κ3) is 3.45. The van der Waals surface area contributed by atoms with Crippen molar-refractivity contribution >= 4 is 33.5 Å². The van der Waals surface area contributed by atoms with E-state index in [1.165, 1.54) is 0 Å². The van der Waals surface area contributed by atoms with E-state index in [0.717, 1.165) is 23.3 Å². The van der Waals surface area contributed by atoms with Gasteiger partial charge in [-0.15, -0.1) is 0 Å². The summed E-state index contributed by atoms with van der Waals surface area (Å²) in [5.74, 6) is 1.27. The molecule has 3 aliphatic rings. The normalized spacial score (nSPS) is 30.5. The summed E-state index contributed by atoms with van der Waals surface area (Å²) in [5, 5.41) is 3.00. The zero-order valence-electron chi connectivity index (χ0n) is 17.8. The molecule has 2 aromatic rings. The summed E-state index contributed by atoms with van der Waals surface area (Å²) in [6, 6.07) is 13.6. The molecule has 5 rings (SSSR count). The molecule has 6 atom stereocenters. The molecule has 6 heteroatoms. The third-order valence-corrected chi connectivity index (χ3v) is 8.17. The Labute approximate surface area is 190 Å². The number of rotatable bonds is 5. The quantitative estimate of drug-likeness (QED) is 0.455. The predicted molar refractivity (Wildman–Crippen MR) is 122 cm³/mol. The second-order valence-corrected chi connectivity index (χ2v) is 10.3. The van der Waals surface area contributed by atoms with Crippen molar-refractivity contribution in [2.24, 2.45) is 23.7 Å². The van der Waals surface area contributed by atoms with Gasteiger partial charge >= 0.3 is 5.97 Å². The van der Waals surface area contributed by atoms with Crippen molar-refractivity contribution < 1.29 is 19.1 Å². The molecule has 1 saturated heterocycles. The van der Waals surface area contributed by atoms with Crippen LogP contribution in [0.3, 0.4) is 0 Å². The molecule has 5 nitrogen and oxygen atoms in total. The second-order valence-electron chi connectivity index (χ2n) is 9.27. The Balaban J connectivity index is 1.29. The van der Waals surface area contributed by atoms with Crippen molar-refractivity contribution in [3.63, 3.8) is 0 Å². The summed E-state index contributed by atoms with van der Waals surface area (Å²) in [6.07, 6.45) is 0.802. The molecule has 0 spiro atoms. The van der Waals surface area contributed by atoms with E-state index in [0.29, 0.717) is 17.4 Å². The Hall–Kier alpha value is -2.34. The van der Waals surface area contributed by atoms with E-state index in [1.807, 2.05) is 37.3 Å². The van der Waals surface area contributed by atoms with Gasteiger partial charge in [0.05, 0.1) is 16.7 Å². The van der Waals surface area contributed by atoms with Crippen LogP contribution in [-0.4, -0.2) is 22.8 Å². The Morgan fingerprint density at radius 2 is 1.90 bits per heavy atom. The van der Waals surface area contributed by atoms with Crippen LogP contribution in [0.1, 0.15) is 37.3 Å². The lowest BCUT2D eigenvalue weighted by Crippen LogP contribution is -2.40. The lowest BCUT2D eigenvalue weighted by atomic mass is 9.79. The average Bonchev–Trinajstić information content (AvgIpc) is 3.33. The fourth-order valence-corrected chi connectivity index (χ4v) is 6.54. The number of anilines is 1. The molecule has 162 valence electrons. The van der Waals surface area contributed by atoms with Crippen LogP contribution in [0.4, 0.5) is 5.69 Å². The minimum Gasteiger partial charge on any atom is -0.461 e. The van der Waals surface area contributed by atoms with Gasteiger partial charge in [-0.05, 0) is 66.6 Å². The molecule has 0 radical (unpaired) electrons. The van der Waals surface area contributed by atoms with Crippen molar-refractivity contribution in [1.82, 2.24) is 0 Å². The van der Waals surface area contributed by atoms with Gasteiger partial charge in [-0.3, -0.25) is 9.59 Å². The molecule has 1 amide bonds. The maximum Gasteiger partial charge on any atom is 0.310 e. The van der Waals surface area contributed by atoms with Crippen LogP contribution in [0.25, 0.3) is 0 Å². The molecule has 31 heavy (non-hydrogen) atoms. The van der Waals surface area contributed by atoms with E-state index in [4.69, 9.17) is 9.47 Å². The molecule has 1 N–H and O–H groups in total. The summed E-state index contributed by atoms with van der Waals surface area (Å²) in [6.45, 7) is 6.34. The van der Waals surface area contributed by atoms with E-state index in [-0.39, 0.29) is 46.5 Å². The van der Waals surface area contributed by atoms with Gasteiger partial charge in [0.15, 0.2) is 0 Å². The fourth-order valence-electron chi connectivity index (χ4n) is 5.50. The van der Waals surface area contributed by atoms with Crippen LogP contribution in [-0.2, 0) is 14.3 Å². The SMILES string of the molecule is Cc1ccc(C(C)C)c(Oc2ccc(NC(=O)[C@@H]3[C@H]4C[C@H]5[C@H](OC(=O)[C@H]53)[C@@H]4Br)cc2)c1. The van der Waals surface area contributed by atoms with Crippen LogP contribution in [0.15, 0.2) is 42.5 Å². The van der Waals surface area contributed by atoms with Gasteiger partial charge in [0.25, 0.3) is 0 Å². The summed E-state index contributed by atoms with van der Waals surface area (Å²) < 4.78 is 11.6. The van der Waals surface area contributed by atoms with E-state index in [9.17, 15) is 9.59 Å². The van der Waals surface area contributed by atoms with Crippen LogP contribution < -0.4 is 10.1 Å². The number of carbonyl (C=O) groups is 2. The highest BCUT2D eigenvalue weighted by Crippen LogP contribution is 2.60. The van der Waals surface area contributed by atoms with Crippen LogP contribution in [0.5, 0.6) is 11.5 Å². The van der Waals surface area contributed by atoms with Gasteiger partial charge in [0, 0.05) is 11.6 Å². The number of hydrogen-bond donors (Lipinski definition) is 1. The number of aryl methyl sites for hydroxylation is 1. The number of nitrogens with one attached hydrogen (secondary N) is 1. The first-order valence-corrected chi connectivity index (χ1v) is 11.8.